The fraction of sp³-hybridized carbons (Fsp3) is 0.185. The maximum absolute atomic E-state index is 11.7. The number of hydrogen-bond acceptors (Lipinski definition) is 8. The first-order chi connectivity index (χ1) is 17.6. The van der Waals surface area contributed by atoms with Crippen molar-refractivity contribution in [2.24, 2.45) is 5.73 Å². The number of carbonyl (C=O) groups excluding carboxylic acids is 1. The molecule has 4 aromatic rings. The molecule has 1 aliphatic rings. The lowest BCUT2D eigenvalue weighted by Crippen LogP contribution is -2.48. The highest BCUT2D eigenvalue weighted by molar-refractivity contribution is 6.00. The number of ether oxygens (including phenoxy) is 1. The number of aromatic nitrogens is 3. The quantitative estimate of drug-likeness (QED) is 0.295. The Morgan fingerprint density at radius 1 is 1.14 bits per heavy atom. The third-order valence-corrected chi connectivity index (χ3v) is 6.00. The summed E-state index contributed by atoms with van der Waals surface area (Å²) in [5.41, 5.74) is 10.8. The molecule has 0 radical (unpaired) electrons. The van der Waals surface area contributed by atoms with E-state index in [9.17, 15) is 4.79 Å². The Kier molecular flexibility index (Phi) is 6.94. The third-order valence-electron chi connectivity index (χ3n) is 6.00. The molecule has 2 atom stereocenters. The molecule has 1 unspecified atom stereocenters. The predicted octanol–water partition coefficient (Wildman–Crippen LogP) is 3.55. The van der Waals surface area contributed by atoms with Gasteiger partial charge in [-0.3, -0.25) is 9.78 Å². The van der Waals surface area contributed by atoms with Crippen molar-refractivity contribution in [1.29, 1.82) is 0 Å². The largest absolute Gasteiger partial charge is 0.369 e. The van der Waals surface area contributed by atoms with Crippen LogP contribution in [-0.4, -0.2) is 46.6 Å². The minimum atomic E-state index is -0.261. The average molecular weight is 482 g/mol. The molecule has 9 heteroatoms. The summed E-state index contributed by atoms with van der Waals surface area (Å²) < 4.78 is 5.89. The SMILES string of the molecule is C=CC(=O)Nc1cccc(-c2cccc3cnc(Nc4ccc([C@H]5OCCNC5CN)nc4)nc23)c1. The number of benzene rings is 2. The Balaban J connectivity index is 1.40. The van der Waals surface area contributed by atoms with Gasteiger partial charge in [-0.1, -0.05) is 36.9 Å². The second-order valence-electron chi connectivity index (χ2n) is 8.40. The van der Waals surface area contributed by atoms with Gasteiger partial charge in [-0.05, 0) is 35.9 Å². The van der Waals surface area contributed by atoms with Crippen LogP contribution in [0.15, 0.2) is 79.6 Å². The summed E-state index contributed by atoms with van der Waals surface area (Å²) in [5, 5.41) is 10.3. The number of anilines is 3. The van der Waals surface area contributed by atoms with E-state index >= 15 is 0 Å². The summed E-state index contributed by atoms with van der Waals surface area (Å²) in [4.78, 5) is 25.6. The summed E-state index contributed by atoms with van der Waals surface area (Å²) >= 11 is 0. The molecule has 1 aliphatic heterocycles. The fourth-order valence-corrected chi connectivity index (χ4v) is 4.24. The first-order valence-corrected chi connectivity index (χ1v) is 11.7. The van der Waals surface area contributed by atoms with Crippen molar-refractivity contribution in [2.75, 3.05) is 30.3 Å². The maximum atomic E-state index is 11.7. The molecular weight excluding hydrogens is 454 g/mol. The fourth-order valence-electron chi connectivity index (χ4n) is 4.24. The predicted molar refractivity (Wildman–Crippen MR) is 141 cm³/mol. The lowest BCUT2D eigenvalue weighted by molar-refractivity contribution is -0.111. The molecule has 1 saturated heterocycles. The van der Waals surface area contributed by atoms with Crippen molar-refractivity contribution in [3.63, 3.8) is 0 Å². The number of amides is 1. The summed E-state index contributed by atoms with van der Waals surface area (Å²) in [6.45, 7) is 5.39. The molecular formula is C27H27N7O2. The van der Waals surface area contributed by atoms with E-state index in [2.05, 4.69) is 32.5 Å². The zero-order chi connectivity index (χ0) is 24.9. The molecule has 1 amide bonds. The van der Waals surface area contributed by atoms with Crippen molar-refractivity contribution in [3.8, 4) is 11.1 Å². The van der Waals surface area contributed by atoms with Gasteiger partial charge < -0.3 is 26.4 Å². The number of fused-ring (bicyclic) bond motifs is 1. The molecule has 0 bridgehead atoms. The lowest BCUT2D eigenvalue weighted by atomic mass is 10.0. The molecule has 3 heterocycles. The van der Waals surface area contributed by atoms with Crippen LogP contribution >= 0.6 is 0 Å². The summed E-state index contributed by atoms with van der Waals surface area (Å²) in [6, 6.07) is 17.4. The van der Waals surface area contributed by atoms with Crippen LogP contribution in [0.25, 0.3) is 22.0 Å². The molecule has 1 fully saturated rings. The number of nitrogens with zero attached hydrogens (tertiary/aromatic N) is 3. The molecule has 5 rings (SSSR count). The van der Waals surface area contributed by atoms with Crippen molar-refractivity contribution < 1.29 is 9.53 Å². The Hall–Kier alpha value is -4.18. The van der Waals surface area contributed by atoms with Crippen LogP contribution in [0.1, 0.15) is 11.8 Å². The van der Waals surface area contributed by atoms with Gasteiger partial charge in [0.2, 0.25) is 11.9 Å². The first-order valence-electron chi connectivity index (χ1n) is 11.7. The topological polar surface area (TPSA) is 127 Å². The van der Waals surface area contributed by atoms with Crippen LogP contribution in [0.5, 0.6) is 0 Å². The van der Waals surface area contributed by atoms with Crippen LogP contribution in [0, 0.1) is 0 Å². The summed E-state index contributed by atoms with van der Waals surface area (Å²) in [6.07, 6.45) is 4.59. The Morgan fingerprint density at radius 2 is 2.03 bits per heavy atom. The number of nitrogens with two attached hydrogens (primary N) is 1. The number of pyridine rings is 1. The Morgan fingerprint density at radius 3 is 2.83 bits per heavy atom. The van der Waals surface area contributed by atoms with Gasteiger partial charge in [0.25, 0.3) is 0 Å². The van der Waals surface area contributed by atoms with Gasteiger partial charge in [-0.25, -0.2) is 9.97 Å². The maximum Gasteiger partial charge on any atom is 0.247 e. The number of carbonyl (C=O) groups is 1. The van der Waals surface area contributed by atoms with E-state index < -0.39 is 0 Å². The normalized spacial score (nSPS) is 17.5. The Labute approximate surface area is 208 Å². The lowest BCUT2D eigenvalue weighted by Gasteiger charge is -2.31. The first kappa shape index (κ1) is 23.6. The zero-order valence-electron chi connectivity index (χ0n) is 19.6. The summed E-state index contributed by atoms with van der Waals surface area (Å²) in [5.74, 6) is 0.194. The molecule has 0 spiro atoms. The average Bonchev–Trinajstić information content (AvgIpc) is 2.93. The van der Waals surface area contributed by atoms with Gasteiger partial charge in [0.1, 0.15) is 6.10 Å². The zero-order valence-corrected chi connectivity index (χ0v) is 19.6. The number of hydrogen-bond donors (Lipinski definition) is 4. The van der Waals surface area contributed by atoms with Gasteiger partial charge in [0.05, 0.1) is 35.7 Å². The van der Waals surface area contributed by atoms with E-state index in [1.165, 1.54) is 6.08 Å². The second-order valence-corrected chi connectivity index (χ2v) is 8.40. The van der Waals surface area contributed by atoms with E-state index in [1.807, 2.05) is 54.6 Å². The number of morpholine rings is 1. The summed E-state index contributed by atoms with van der Waals surface area (Å²) in [7, 11) is 0. The van der Waals surface area contributed by atoms with Crippen molar-refractivity contribution in [1.82, 2.24) is 20.3 Å². The van der Waals surface area contributed by atoms with Gasteiger partial charge in [0, 0.05) is 35.9 Å². The van der Waals surface area contributed by atoms with Crippen molar-refractivity contribution >= 4 is 34.1 Å². The minimum Gasteiger partial charge on any atom is -0.369 e. The number of para-hydroxylation sites is 1. The second kappa shape index (κ2) is 10.6. The van der Waals surface area contributed by atoms with E-state index in [0.717, 1.165) is 40.0 Å². The van der Waals surface area contributed by atoms with Gasteiger partial charge in [0.15, 0.2) is 0 Å². The van der Waals surface area contributed by atoms with Crippen LogP contribution in [0.3, 0.4) is 0 Å². The van der Waals surface area contributed by atoms with Crippen LogP contribution in [-0.2, 0) is 9.53 Å². The van der Waals surface area contributed by atoms with Crippen LogP contribution in [0.2, 0.25) is 0 Å². The van der Waals surface area contributed by atoms with E-state index in [4.69, 9.17) is 15.5 Å². The van der Waals surface area contributed by atoms with E-state index in [-0.39, 0.29) is 18.1 Å². The van der Waals surface area contributed by atoms with Gasteiger partial charge in [-0.2, -0.15) is 0 Å². The Bertz CT molecular complexity index is 1390. The van der Waals surface area contributed by atoms with E-state index in [1.54, 1.807) is 12.4 Å². The molecule has 0 saturated carbocycles. The number of nitrogens with one attached hydrogen (secondary N) is 3. The van der Waals surface area contributed by atoms with Crippen molar-refractivity contribution in [2.45, 2.75) is 12.1 Å². The third kappa shape index (κ3) is 5.08. The number of rotatable bonds is 7. The smallest absolute Gasteiger partial charge is 0.247 e. The van der Waals surface area contributed by atoms with Gasteiger partial charge in [-0.15, -0.1) is 0 Å². The van der Waals surface area contributed by atoms with Crippen LogP contribution < -0.4 is 21.7 Å². The highest BCUT2D eigenvalue weighted by atomic mass is 16.5. The van der Waals surface area contributed by atoms with Crippen molar-refractivity contribution in [3.05, 3.63) is 85.3 Å². The molecule has 2 aromatic carbocycles. The van der Waals surface area contributed by atoms with Crippen LogP contribution in [0.4, 0.5) is 17.3 Å². The molecule has 182 valence electrons. The molecule has 36 heavy (non-hydrogen) atoms. The molecule has 2 aromatic heterocycles. The van der Waals surface area contributed by atoms with Gasteiger partial charge >= 0.3 is 0 Å². The highest BCUT2D eigenvalue weighted by Gasteiger charge is 2.27. The molecule has 9 nitrogen and oxygen atoms in total. The van der Waals surface area contributed by atoms with E-state index in [0.29, 0.717) is 24.8 Å². The molecule has 0 aliphatic carbocycles. The highest BCUT2D eigenvalue weighted by Crippen LogP contribution is 2.30. The monoisotopic (exact) mass is 481 g/mol. The minimum absolute atomic E-state index is 0.0379. The standard InChI is InChI=1S/C27H27N7O2/c1-2-24(35)32-19-7-3-5-17(13-19)21-8-4-6-18-15-31-27(34-25(18)21)33-20-9-10-22(30-16-20)26-23(14-28)29-11-12-36-26/h2-10,13,15-16,23,26,29H,1,11-12,14,28H2,(H,32,35)(H,31,33,34)/t23?,26-/m1/s1. The molecule has 5 N–H and O–H groups in total.